The molecular weight excluding hydrogens is 234 g/mol. The summed E-state index contributed by atoms with van der Waals surface area (Å²) in [5, 5.41) is 12.6. The second-order valence-corrected chi connectivity index (χ2v) is 5.27. The molecule has 96 valence electrons. The van der Waals surface area contributed by atoms with E-state index in [0.29, 0.717) is 0 Å². The smallest absolute Gasteiger partial charge is 0.129 e. The Morgan fingerprint density at radius 1 is 0.947 bits per heavy atom. The normalized spacial score (nSPS) is 26.2. The van der Waals surface area contributed by atoms with Crippen molar-refractivity contribution >= 4 is 5.57 Å². The van der Waals surface area contributed by atoms with Crippen LogP contribution in [0.3, 0.4) is 0 Å². The van der Waals surface area contributed by atoms with E-state index in [1.165, 1.54) is 0 Å². The van der Waals surface area contributed by atoms with Crippen LogP contribution in [0.5, 0.6) is 0 Å². The van der Waals surface area contributed by atoms with Gasteiger partial charge in [0.15, 0.2) is 0 Å². The van der Waals surface area contributed by atoms with Crippen molar-refractivity contribution in [3.63, 3.8) is 0 Å². The van der Waals surface area contributed by atoms with Crippen molar-refractivity contribution in [2.75, 3.05) is 0 Å². The highest BCUT2D eigenvalue weighted by atomic mass is 16.5. The lowest BCUT2D eigenvalue weighted by Gasteiger charge is -2.34. The summed E-state index contributed by atoms with van der Waals surface area (Å²) in [7, 11) is 0. The predicted molar refractivity (Wildman–Crippen MR) is 77.2 cm³/mol. The zero-order valence-corrected chi connectivity index (χ0v) is 11.0. The van der Waals surface area contributed by atoms with Gasteiger partial charge in [-0.1, -0.05) is 60.7 Å². The van der Waals surface area contributed by atoms with E-state index >= 15 is 0 Å². The molecule has 0 spiro atoms. The molecule has 2 unspecified atom stereocenters. The summed E-state index contributed by atoms with van der Waals surface area (Å²) in [6.45, 7) is 2.04. The molecule has 1 N–H and O–H groups in total. The van der Waals surface area contributed by atoms with Crippen molar-refractivity contribution in [3.8, 4) is 0 Å². The highest BCUT2D eigenvalue weighted by Crippen LogP contribution is 2.33. The number of rotatable bonds is 2. The van der Waals surface area contributed by atoms with Gasteiger partial charge in [0.1, 0.15) is 5.54 Å². The fourth-order valence-electron chi connectivity index (χ4n) is 2.72. The van der Waals surface area contributed by atoms with E-state index in [0.717, 1.165) is 23.1 Å². The van der Waals surface area contributed by atoms with Crippen LogP contribution in [0, 0.1) is 5.21 Å². The van der Waals surface area contributed by atoms with Crippen molar-refractivity contribution in [1.82, 2.24) is 0 Å². The molecule has 2 aromatic rings. The number of nitrogens with one attached hydrogen (secondary N) is 1. The van der Waals surface area contributed by atoms with Gasteiger partial charge in [-0.15, -0.1) is 0 Å². The summed E-state index contributed by atoms with van der Waals surface area (Å²) in [4.78, 5) is 0. The quantitative estimate of drug-likeness (QED) is 0.816. The van der Waals surface area contributed by atoms with E-state index < -0.39 is 5.54 Å². The Morgan fingerprint density at radius 3 is 2.16 bits per heavy atom. The largest absolute Gasteiger partial charge is 0.629 e. The first-order valence-corrected chi connectivity index (χ1v) is 6.56. The highest BCUT2D eigenvalue weighted by Gasteiger charge is 2.39. The van der Waals surface area contributed by atoms with Crippen LogP contribution in [0.25, 0.3) is 5.57 Å². The zero-order chi connectivity index (χ0) is 13.3. The lowest BCUT2D eigenvalue weighted by Crippen LogP contribution is -3.08. The molecule has 0 saturated carbocycles. The van der Waals surface area contributed by atoms with Crippen LogP contribution >= 0.6 is 0 Å². The molecule has 2 nitrogen and oxygen atoms in total. The summed E-state index contributed by atoms with van der Waals surface area (Å²) in [5.41, 5.74) is 2.97. The maximum atomic E-state index is 12.4. The van der Waals surface area contributed by atoms with Gasteiger partial charge in [0, 0.05) is 17.6 Å². The number of quaternary nitrogens is 1. The number of benzene rings is 2. The van der Waals surface area contributed by atoms with Crippen LogP contribution in [0.2, 0.25) is 0 Å². The predicted octanol–water partition coefficient (Wildman–Crippen LogP) is 2.73. The summed E-state index contributed by atoms with van der Waals surface area (Å²) in [6.07, 6.45) is 2.59. The molecule has 0 fully saturated rings. The third-order valence-electron chi connectivity index (χ3n) is 3.95. The lowest BCUT2D eigenvalue weighted by atomic mass is 9.86. The van der Waals surface area contributed by atoms with Gasteiger partial charge in [-0.3, -0.25) is 0 Å². The maximum Gasteiger partial charge on any atom is 0.129 e. The van der Waals surface area contributed by atoms with Crippen LogP contribution < -0.4 is 5.06 Å². The summed E-state index contributed by atoms with van der Waals surface area (Å²) in [6, 6.07) is 20.2. The van der Waals surface area contributed by atoms with Crippen LogP contribution in [0.4, 0.5) is 0 Å². The molecule has 19 heavy (non-hydrogen) atoms. The molecule has 0 radical (unpaired) electrons. The molecule has 0 saturated heterocycles. The van der Waals surface area contributed by atoms with Gasteiger partial charge in [-0.2, -0.15) is 0 Å². The van der Waals surface area contributed by atoms with Crippen LogP contribution in [-0.4, -0.2) is 0 Å². The van der Waals surface area contributed by atoms with E-state index in [1.54, 1.807) is 0 Å². The number of hydrogen-bond acceptors (Lipinski definition) is 1. The molecule has 0 amide bonds. The Hall–Kier alpha value is -1.90. The first-order chi connectivity index (χ1) is 9.20. The fourth-order valence-corrected chi connectivity index (χ4v) is 2.72. The molecule has 1 heterocycles. The lowest BCUT2D eigenvalue weighted by molar-refractivity contribution is -0.853. The van der Waals surface area contributed by atoms with Crippen molar-refractivity contribution in [2.45, 2.75) is 18.9 Å². The van der Waals surface area contributed by atoms with Gasteiger partial charge in [-0.05, 0) is 12.5 Å². The second kappa shape index (κ2) is 4.65. The van der Waals surface area contributed by atoms with E-state index in [4.69, 9.17) is 0 Å². The Bertz CT molecular complexity index is 591. The molecule has 0 bridgehead atoms. The summed E-state index contributed by atoms with van der Waals surface area (Å²) < 4.78 is 0. The average molecular weight is 251 g/mol. The van der Waals surface area contributed by atoms with Gasteiger partial charge < -0.3 is 10.3 Å². The summed E-state index contributed by atoms with van der Waals surface area (Å²) in [5.74, 6) is 0. The van der Waals surface area contributed by atoms with Gasteiger partial charge in [0.25, 0.3) is 0 Å². The van der Waals surface area contributed by atoms with Crippen LogP contribution in [-0.2, 0) is 5.54 Å². The Labute approximate surface area is 113 Å². The van der Waals surface area contributed by atoms with E-state index in [1.807, 2.05) is 61.7 Å². The first-order valence-electron chi connectivity index (χ1n) is 6.56. The first kappa shape index (κ1) is 12.2. The highest BCUT2D eigenvalue weighted by molar-refractivity contribution is 5.67. The van der Waals surface area contributed by atoms with Gasteiger partial charge in [0.05, 0.1) is 6.20 Å². The molecule has 1 aliphatic heterocycles. The molecule has 0 aliphatic carbocycles. The third kappa shape index (κ3) is 2.09. The van der Waals surface area contributed by atoms with Gasteiger partial charge in [0.2, 0.25) is 0 Å². The molecule has 3 rings (SSSR count). The monoisotopic (exact) mass is 251 g/mol. The van der Waals surface area contributed by atoms with Crippen LogP contribution in [0.15, 0.2) is 66.9 Å². The maximum absolute atomic E-state index is 12.4. The molecule has 2 heteroatoms. The molecule has 1 aliphatic rings. The Balaban J connectivity index is 1.94. The Kier molecular flexibility index (Phi) is 2.97. The van der Waals surface area contributed by atoms with E-state index in [-0.39, 0.29) is 5.06 Å². The number of hydroxylamine groups is 2. The van der Waals surface area contributed by atoms with Crippen LogP contribution in [0.1, 0.15) is 24.5 Å². The molecular formula is C17H17NO. The summed E-state index contributed by atoms with van der Waals surface area (Å²) >= 11 is 0. The molecule has 2 aromatic carbocycles. The minimum Gasteiger partial charge on any atom is -0.629 e. The van der Waals surface area contributed by atoms with E-state index in [2.05, 4.69) is 12.1 Å². The molecule has 0 aromatic heterocycles. The van der Waals surface area contributed by atoms with Crippen molar-refractivity contribution in [3.05, 3.63) is 83.2 Å². The van der Waals surface area contributed by atoms with Crippen molar-refractivity contribution < 1.29 is 5.06 Å². The zero-order valence-electron chi connectivity index (χ0n) is 11.0. The minimum atomic E-state index is -0.410. The number of hydrogen-bond donors (Lipinski definition) is 1. The van der Waals surface area contributed by atoms with Crippen molar-refractivity contribution in [2.24, 2.45) is 0 Å². The second-order valence-electron chi connectivity index (χ2n) is 5.27. The standard InChI is InChI=1S/C17H17NO/c1-17(16-10-6-3-7-11-16)12-15(13-18(17)19)14-8-4-2-5-9-14/h2-11,13,18H,12H2,1H3. The van der Waals surface area contributed by atoms with E-state index in [9.17, 15) is 5.21 Å². The fraction of sp³-hybridized carbons (Fsp3) is 0.176. The molecule has 2 atom stereocenters. The SMILES string of the molecule is CC1(c2ccccc2)CC(c2ccccc2)=C[NH+]1[O-]. The third-order valence-corrected chi connectivity index (χ3v) is 3.95. The average Bonchev–Trinajstić information content (AvgIpc) is 2.78. The van der Waals surface area contributed by atoms with Gasteiger partial charge >= 0.3 is 0 Å². The Morgan fingerprint density at radius 2 is 1.53 bits per heavy atom. The topological polar surface area (TPSA) is 27.5 Å². The van der Waals surface area contributed by atoms with Gasteiger partial charge in [-0.25, -0.2) is 0 Å². The minimum absolute atomic E-state index is 0.206. The van der Waals surface area contributed by atoms with Crippen molar-refractivity contribution in [1.29, 1.82) is 0 Å².